The number of aromatic nitrogens is 1. The minimum Gasteiger partial charge on any atom is -0.487 e. The summed E-state index contributed by atoms with van der Waals surface area (Å²) in [7, 11) is 0. The molecule has 114 valence electrons. The van der Waals surface area contributed by atoms with Crippen molar-refractivity contribution in [3.63, 3.8) is 0 Å². The van der Waals surface area contributed by atoms with Gasteiger partial charge in [-0.05, 0) is 24.1 Å². The molecule has 0 aliphatic heterocycles. The van der Waals surface area contributed by atoms with Crippen molar-refractivity contribution >= 4 is 38.5 Å². The van der Waals surface area contributed by atoms with Crippen LogP contribution >= 0.6 is 27.5 Å². The Morgan fingerprint density at radius 2 is 2.09 bits per heavy atom. The Kier molecular flexibility index (Phi) is 4.69. The van der Waals surface area contributed by atoms with Crippen molar-refractivity contribution in [3.05, 3.63) is 58.2 Å². The maximum absolute atomic E-state index is 6.33. The van der Waals surface area contributed by atoms with E-state index in [0.29, 0.717) is 23.0 Å². The molecule has 22 heavy (non-hydrogen) atoms. The van der Waals surface area contributed by atoms with Gasteiger partial charge >= 0.3 is 0 Å². The second kappa shape index (κ2) is 6.71. The smallest absolute Gasteiger partial charge is 0.170 e. The highest BCUT2D eigenvalue weighted by Crippen LogP contribution is 2.32. The van der Waals surface area contributed by atoms with Gasteiger partial charge in [-0.2, -0.15) is 0 Å². The van der Waals surface area contributed by atoms with Gasteiger partial charge in [0.25, 0.3) is 0 Å². The zero-order valence-electron chi connectivity index (χ0n) is 12.1. The van der Waals surface area contributed by atoms with Gasteiger partial charge in [-0.15, -0.1) is 0 Å². The van der Waals surface area contributed by atoms with E-state index in [1.165, 1.54) is 5.56 Å². The van der Waals surface area contributed by atoms with Crippen molar-refractivity contribution in [2.45, 2.75) is 20.0 Å². The number of ether oxygens (including phenoxy) is 1. The SMILES string of the molecule is Cc1ccccc1COc1cc2onc(CCBr)c2cc1Cl. The van der Waals surface area contributed by atoms with E-state index in [4.69, 9.17) is 20.9 Å². The summed E-state index contributed by atoms with van der Waals surface area (Å²) in [4.78, 5) is 0. The highest BCUT2D eigenvalue weighted by molar-refractivity contribution is 9.09. The Morgan fingerprint density at radius 3 is 2.86 bits per heavy atom. The summed E-state index contributed by atoms with van der Waals surface area (Å²) in [6.07, 6.45) is 0.798. The maximum atomic E-state index is 6.33. The van der Waals surface area contributed by atoms with Crippen LogP contribution in [-0.4, -0.2) is 10.5 Å². The van der Waals surface area contributed by atoms with E-state index in [9.17, 15) is 0 Å². The molecular formula is C17H15BrClNO2. The number of fused-ring (bicyclic) bond motifs is 1. The van der Waals surface area contributed by atoms with Gasteiger partial charge in [-0.1, -0.05) is 57.0 Å². The molecule has 0 N–H and O–H groups in total. The summed E-state index contributed by atoms with van der Waals surface area (Å²) in [5.74, 6) is 0.610. The Morgan fingerprint density at radius 1 is 1.27 bits per heavy atom. The van der Waals surface area contributed by atoms with Crippen LogP contribution in [0.5, 0.6) is 5.75 Å². The second-order valence-corrected chi connectivity index (χ2v) is 6.26. The first kappa shape index (κ1) is 15.4. The minimum absolute atomic E-state index is 0.473. The number of hydrogen-bond donors (Lipinski definition) is 0. The van der Waals surface area contributed by atoms with Crippen molar-refractivity contribution in [2.24, 2.45) is 0 Å². The molecule has 0 atom stereocenters. The Balaban J connectivity index is 1.85. The molecule has 0 radical (unpaired) electrons. The number of nitrogens with zero attached hydrogens (tertiary/aromatic N) is 1. The van der Waals surface area contributed by atoms with Crippen LogP contribution in [0.3, 0.4) is 0 Å². The molecule has 3 aromatic rings. The normalized spacial score (nSPS) is 11.0. The summed E-state index contributed by atoms with van der Waals surface area (Å²) >= 11 is 9.74. The average Bonchev–Trinajstić information content (AvgIpc) is 2.89. The topological polar surface area (TPSA) is 35.3 Å². The van der Waals surface area contributed by atoms with Gasteiger partial charge in [-0.25, -0.2) is 0 Å². The van der Waals surface area contributed by atoms with Crippen LogP contribution in [0.4, 0.5) is 0 Å². The fourth-order valence-corrected chi connectivity index (χ4v) is 2.89. The van der Waals surface area contributed by atoms with Gasteiger partial charge in [0, 0.05) is 23.2 Å². The zero-order chi connectivity index (χ0) is 15.5. The molecule has 1 heterocycles. The molecule has 0 unspecified atom stereocenters. The predicted octanol–water partition coefficient (Wildman–Crippen LogP) is 5.31. The van der Waals surface area contributed by atoms with E-state index in [0.717, 1.165) is 28.4 Å². The lowest BCUT2D eigenvalue weighted by molar-refractivity contribution is 0.305. The third kappa shape index (κ3) is 3.13. The monoisotopic (exact) mass is 379 g/mol. The summed E-state index contributed by atoms with van der Waals surface area (Å²) < 4.78 is 11.2. The van der Waals surface area contributed by atoms with Crippen LogP contribution in [0.1, 0.15) is 16.8 Å². The first-order valence-corrected chi connectivity index (χ1v) is 8.50. The van der Waals surface area contributed by atoms with Crippen molar-refractivity contribution in [2.75, 3.05) is 5.33 Å². The summed E-state index contributed by atoms with van der Waals surface area (Å²) in [6, 6.07) is 11.8. The van der Waals surface area contributed by atoms with Crippen LogP contribution in [0.25, 0.3) is 11.0 Å². The van der Waals surface area contributed by atoms with Crippen LogP contribution in [-0.2, 0) is 13.0 Å². The van der Waals surface area contributed by atoms with Gasteiger partial charge in [0.15, 0.2) is 5.58 Å². The molecule has 3 nitrogen and oxygen atoms in total. The molecule has 2 aromatic carbocycles. The van der Waals surface area contributed by atoms with E-state index in [1.54, 1.807) is 6.07 Å². The molecular weight excluding hydrogens is 366 g/mol. The molecule has 0 fully saturated rings. The van der Waals surface area contributed by atoms with Gasteiger partial charge in [-0.3, -0.25) is 0 Å². The lowest BCUT2D eigenvalue weighted by Crippen LogP contribution is -1.98. The molecule has 0 aliphatic carbocycles. The molecule has 0 saturated heterocycles. The Bertz CT molecular complexity index is 800. The standard InChI is InChI=1S/C17H15BrClNO2/c1-11-4-2-3-5-12(11)10-21-17-9-16-13(8-14(17)19)15(6-7-18)20-22-16/h2-5,8-9H,6-7,10H2,1H3. The molecule has 0 bridgehead atoms. The predicted molar refractivity (Wildman–Crippen MR) is 92.0 cm³/mol. The van der Waals surface area contributed by atoms with E-state index < -0.39 is 0 Å². The number of aryl methyl sites for hydroxylation is 2. The Hall–Kier alpha value is -1.52. The van der Waals surface area contributed by atoms with Gasteiger partial charge in [0.2, 0.25) is 0 Å². The molecule has 3 rings (SSSR count). The second-order valence-electron chi connectivity index (χ2n) is 5.06. The number of rotatable bonds is 5. The van der Waals surface area contributed by atoms with Gasteiger partial charge in [0.05, 0.1) is 10.7 Å². The highest BCUT2D eigenvalue weighted by Gasteiger charge is 2.13. The van der Waals surface area contributed by atoms with Crippen LogP contribution < -0.4 is 4.74 Å². The quantitative estimate of drug-likeness (QED) is 0.563. The average molecular weight is 381 g/mol. The minimum atomic E-state index is 0.473. The van der Waals surface area contributed by atoms with Crippen molar-refractivity contribution < 1.29 is 9.26 Å². The summed E-state index contributed by atoms with van der Waals surface area (Å²) in [6.45, 7) is 2.53. The van der Waals surface area contributed by atoms with E-state index in [1.807, 2.05) is 24.3 Å². The number of hydrogen-bond acceptors (Lipinski definition) is 3. The first-order valence-electron chi connectivity index (χ1n) is 7.00. The third-order valence-corrected chi connectivity index (χ3v) is 4.27. The fourth-order valence-electron chi connectivity index (χ4n) is 2.30. The largest absolute Gasteiger partial charge is 0.487 e. The first-order chi connectivity index (χ1) is 10.7. The molecule has 0 aliphatic rings. The molecule has 0 saturated carbocycles. The molecule has 0 spiro atoms. The summed E-state index contributed by atoms with van der Waals surface area (Å²) in [5, 5.41) is 6.42. The van der Waals surface area contributed by atoms with Crippen molar-refractivity contribution in [1.82, 2.24) is 5.16 Å². The van der Waals surface area contributed by atoms with Gasteiger partial charge in [0.1, 0.15) is 12.4 Å². The van der Waals surface area contributed by atoms with Crippen LogP contribution in [0.2, 0.25) is 5.02 Å². The van der Waals surface area contributed by atoms with E-state index in [2.05, 4.69) is 34.1 Å². The number of benzene rings is 2. The lowest BCUT2D eigenvalue weighted by atomic mass is 10.1. The van der Waals surface area contributed by atoms with Gasteiger partial charge < -0.3 is 9.26 Å². The highest BCUT2D eigenvalue weighted by atomic mass is 79.9. The molecule has 1 aromatic heterocycles. The van der Waals surface area contributed by atoms with E-state index in [-0.39, 0.29) is 0 Å². The van der Waals surface area contributed by atoms with Crippen molar-refractivity contribution in [1.29, 1.82) is 0 Å². The third-order valence-electron chi connectivity index (χ3n) is 3.57. The maximum Gasteiger partial charge on any atom is 0.170 e. The molecule has 5 heteroatoms. The van der Waals surface area contributed by atoms with Crippen LogP contribution in [0, 0.1) is 6.92 Å². The fraction of sp³-hybridized carbons (Fsp3) is 0.235. The summed E-state index contributed by atoms with van der Waals surface area (Å²) in [5.41, 5.74) is 3.93. The number of alkyl halides is 1. The zero-order valence-corrected chi connectivity index (χ0v) is 14.4. The lowest BCUT2D eigenvalue weighted by Gasteiger charge is -2.10. The van der Waals surface area contributed by atoms with Crippen LogP contribution in [0.15, 0.2) is 40.9 Å². The van der Waals surface area contributed by atoms with E-state index >= 15 is 0 Å². The molecule has 0 amide bonds. The number of halogens is 2. The van der Waals surface area contributed by atoms with Crippen molar-refractivity contribution in [3.8, 4) is 5.75 Å². The Labute approximate surface area is 142 Å².